The SMILES string of the molecule is COc1ccc2c(c1)CCC1C2CCC2(C)C1CCC2(C)I. The lowest BCUT2D eigenvalue weighted by molar-refractivity contribution is 0.0482. The van der Waals surface area contributed by atoms with Crippen molar-refractivity contribution in [2.24, 2.45) is 17.3 Å². The summed E-state index contributed by atoms with van der Waals surface area (Å²) in [5, 5.41) is 0. The predicted octanol–water partition coefficient (Wildman–Crippen LogP) is 5.75. The van der Waals surface area contributed by atoms with Gasteiger partial charge in [0.2, 0.25) is 0 Å². The number of ether oxygens (including phenoxy) is 1. The molecule has 1 aromatic rings. The van der Waals surface area contributed by atoms with Crippen LogP contribution in [0.5, 0.6) is 5.75 Å². The summed E-state index contributed by atoms with van der Waals surface area (Å²) in [6.07, 6.45) is 8.28. The van der Waals surface area contributed by atoms with Crippen molar-refractivity contribution in [1.29, 1.82) is 0 Å². The first-order valence-electron chi connectivity index (χ1n) is 8.82. The maximum atomic E-state index is 5.43. The molecule has 0 bridgehead atoms. The van der Waals surface area contributed by atoms with Crippen molar-refractivity contribution in [1.82, 2.24) is 0 Å². The van der Waals surface area contributed by atoms with Gasteiger partial charge in [0.05, 0.1) is 7.11 Å². The van der Waals surface area contributed by atoms with E-state index in [-0.39, 0.29) is 0 Å². The molecule has 0 heterocycles. The molecule has 2 heteroatoms. The van der Waals surface area contributed by atoms with E-state index in [1.54, 1.807) is 18.2 Å². The Kier molecular flexibility index (Phi) is 3.56. The molecule has 2 saturated carbocycles. The van der Waals surface area contributed by atoms with Gasteiger partial charge in [-0.25, -0.2) is 0 Å². The van der Waals surface area contributed by atoms with Crippen LogP contribution in [-0.4, -0.2) is 10.5 Å². The Balaban J connectivity index is 1.69. The Morgan fingerprint density at radius 2 is 1.95 bits per heavy atom. The largest absolute Gasteiger partial charge is 0.497 e. The highest BCUT2D eigenvalue weighted by atomic mass is 127. The maximum absolute atomic E-state index is 5.43. The average molecular weight is 410 g/mol. The van der Waals surface area contributed by atoms with Crippen LogP contribution in [0.1, 0.15) is 63.0 Å². The van der Waals surface area contributed by atoms with Gasteiger partial charge in [-0.05, 0) is 85.0 Å². The minimum Gasteiger partial charge on any atom is -0.497 e. The second kappa shape index (κ2) is 5.12. The van der Waals surface area contributed by atoms with Crippen LogP contribution in [0.25, 0.3) is 0 Å². The number of alkyl halides is 1. The van der Waals surface area contributed by atoms with Crippen LogP contribution in [-0.2, 0) is 6.42 Å². The lowest BCUT2D eigenvalue weighted by Crippen LogP contribution is -2.46. The minimum absolute atomic E-state index is 0.501. The molecule has 0 radical (unpaired) electrons. The summed E-state index contributed by atoms with van der Waals surface area (Å²) in [6.45, 7) is 5.10. The van der Waals surface area contributed by atoms with Crippen LogP contribution in [0.4, 0.5) is 0 Å². The summed E-state index contributed by atoms with van der Waals surface area (Å²) in [4.78, 5) is 0. The number of methoxy groups -OCH3 is 1. The van der Waals surface area contributed by atoms with E-state index in [0.29, 0.717) is 8.84 Å². The molecule has 5 unspecified atom stereocenters. The zero-order valence-corrected chi connectivity index (χ0v) is 16.2. The van der Waals surface area contributed by atoms with E-state index < -0.39 is 0 Å². The van der Waals surface area contributed by atoms with E-state index in [2.05, 4.69) is 54.6 Å². The van der Waals surface area contributed by atoms with Crippen LogP contribution < -0.4 is 4.74 Å². The topological polar surface area (TPSA) is 9.23 Å². The van der Waals surface area contributed by atoms with Crippen molar-refractivity contribution in [2.45, 2.75) is 61.7 Å². The molecule has 0 aromatic heterocycles. The number of aryl methyl sites for hydroxylation is 1. The Morgan fingerprint density at radius 1 is 1.14 bits per heavy atom. The Labute approximate surface area is 148 Å². The van der Waals surface area contributed by atoms with Crippen molar-refractivity contribution in [3.05, 3.63) is 29.3 Å². The average Bonchev–Trinajstić information content (AvgIpc) is 2.76. The van der Waals surface area contributed by atoms with Gasteiger partial charge in [-0.1, -0.05) is 42.5 Å². The Bertz CT molecular complexity index is 593. The summed E-state index contributed by atoms with van der Waals surface area (Å²) in [6, 6.07) is 6.83. The molecule has 3 aliphatic rings. The summed E-state index contributed by atoms with van der Waals surface area (Å²) in [7, 11) is 1.78. The minimum atomic E-state index is 0.501. The first kappa shape index (κ1) is 15.3. The second-order valence-electron chi connectivity index (χ2n) is 8.17. The lowest BCUT2D eigenvalue weighted by atomic mass is 9.54. The van der Waals surface area contributed by atoms with Crippen molar-refractivity contribution in [3.63, 3.8) is 0 Å². The zero-order chi connectivity index (χ0) is 15.5. The van der Waals surface area contributed by atoms with Gasteiger partial charge in [0.1, 0.15) is 5.75 Å². The normalized spacial score (nSPS) is 43.2. The number of halogens is 1. The summed E-state index contributed by atoms with van der Waals surface area (Å²) in [5.74, 6) is 3.68. The van der Waals surface area contributed by atoms with E-state index in [0.717, 1.165) is 23.5 Å². The van der Waals surface area contributed by atoms with Gasteiger partial charge in [0.25, 0.3) is 0 Å². The van der Waals surface area contributed by atoms with E-state index in [1.165, 1.54) is 38.5 Å². The third-order valence-electron chi connectivity index (χ3n) is 7.44. The van der Waals surface area contributed by atoms with Crippen LogP contribution >= 0.6 is 22.6 Å². The van der Waals surface area contributed by atoms with Crippen molar-refractivity contribution in [2.75, 3.05) is 7.11 Å². The lowest BCUT2D eigenvalue weighted by Gasteiger charge is -2.52. The molecule has 1 aromatic carbocycles. The summed E-state index contributed by atoms with van der Waals surface area (Å²) in [5.41, 5.74) is 3.75. The van der Waals surface area contributed by atoms with E-state index in [4.69, 9.17) is 4.74 Å². The van der Waals surface area contributed by atoms with Gasteiger partial charge in [-0.2, -0.15) is 0 Å². The molecular formula is C20H27IO. The van der Waals surface area contributed by atoms with Gasteiger partial charge in [-0.3, -0.25) is 0 Å². The van der Waals surface area contributed by atoms with Crippen LogP contribution in [0.2, 0.25) is 0 Å². The standard InChI is InChI=1S/C20H27IO/c1-19-10-8-16-15-7-5-14(22-3)12-13(15)4-6-17(16)18(19)9-11-20(19,2)21/h5,7,12,16-18H,4,6,8-11H2,1-3H3. The zero-order valence-electron chi connectivity index (χ0n) is 14.0. The number of benzene rings is 1. The highest BCUT2D eigenvalue weighted by Gasteiger charge is 2.58. The Morgan fingerprint density at radius 3 is 2.73 bits per heavy atom. The first-order chi connectivity index (χ1) is 10.5. The molecule has 0 amide bonds. The van der Waals surface area contributed by atoms with E-state index >= 15 is 0 Å². The van der Waals surface area contributed by atoms with E-state index in [9.17, 15) is 0 Å². The quantitative estimate of drug-likeness (QED) is 0.424. The molecular weight excluding hydrogens is 383 g/mol. The summed E-state index contributed by atoms with van der Waals surface area (Å²) < 4.78 is 5.93. The number of fused-ring (bicyclic) bond motifs is 5. The molecule has 5 atom stereocenters. The number of rotatable bonds is 1. The van der Waals surface area contributed by atoms with Crippen molar-refractivity contribution >= 4 is 22.6 Å². The fraction of sp³-hybridized carbons (Fsp3) is 0.700. The third-order valence-corrected chi connectivity index (χ3v) is 9.21. The fourth-order valence-electron chi connectivity index (χ4n) is 5.90. The molecule has 3 aliphatic carbocycles. The van der Waals surface area contributed by atoms with Crippen molar-refractivity contribution < 1.29 is 4.74 Å². The molecule has 0 aliphatic heterocycles. The van der Waals surface area contributed by atoms with Crippen LogP contribution in [0, 0.1) is 17.3 Å². The smallest absolute Gasteiger partial charge is 0.119 e. The highest BCUT2D eigenvalue weighted by Crippen LogP contribution is 2.66. The molecule has 0 spiro atoms. The molecule has 120 valence electrons. The molecule has 0 saturated heterocycles. The summed E-state index contributed by atoms with van der Waals surface area (Å²) >= 11 is 2.77. The number of hydrogen-bond acceptors (Lipinski definition) is 1. The molecule has 1 nitrogen and oxygen atoms in total. The van der Waals surface area contributed by atoms with Gasteiger partial charge in [-0.15, -0.1) is 0 Å². The molecule has 22 heavy (non-hydrogen) atoms. The van der Waals surface area contributed by atoms with Crippen LogP contribution in [0.15, 0.2) is 18.2 Å². The third kappa shape index (κ3) is 2.01. The van der Waals surface area contributed by atoms with Gasteiger partial charge in [0.15, 0.2) is 0 Å². The highest BCUT2D eigenvalue weighted by molar-refractivity contribution is 14.1. The fourth-order valence-corrected chi connectivity index (χ4v) is 6.88. The monoisotopic (exact) mass is 410 g/mol. The van der Waals surface area contributed by atoms with Crippen molar-refractivity contribution in [3.8, 4) is 5.75 Å². The van der Waals surface area contributed by atoms with Gasteiger partial charge >= 0.3 is 0 Å². The molecule has 4 rings (SSSR count). The Hall–Kier alpha value is -0.250. The maximum Gasteiger partial charge on any atom is 0.119 e. The molecule has 0 N–H and O–H groups in total. The second-order valence-corrected chi connectivity index (χ2v) is 10.6. The molecule has 2 fully saturated rings. The first-order valence-corrected chi connectivity index (χ1v) is 9.90. The number of hydrogen-bond donors (Lipinski definition) is 0. The van der Waals surface area contributed by atoms with Crippen LogP contribution in [0.3, 0.4) is 0 Å². The predicted molar refractivity (Wildman–Crippen MR) is 100 cm³/mol. The van der Waals surface area contributed by atoms with Gasteiger partial charge in [0, 0.05) is 3.42 Å². The van der Waals surface area contributed by atoms with Gasteiger partial charge < -0.3 is 4.74 Å². The van der Waals surface area contributed by atoms with E-state index in [1.807, 2.05) is 0 Å².